The van der Waals surface area contributed by atoms with Gasteiger partial charge in [0.05, 0.1) is 24.8 Å². The molecule has 0 aliphatic carbocycles. The van der Waals surface area contributed by atoms with Crippen LogP contribution in [0.3, 0.4) is 0 Å². The van der Waals surface area contributed by atoms with Crippen molar-refractivity contribution >= 4 is 0 Å². The second kappa shape index (κ2) is 5.22. The summed E-state index contributed by atoms with van der Waals surface area (Å²) in [5, 5.41) is 17.1. The van der Waals surface area contributed by atoms with Gasteiger partial charge in [0.2, 0.25) is 0 Å². The van der Waals surface area contributed by atoms with Gasteiger partial charge in [0.1, 0.15) is 6.10 Å². The van der Waals surface area contributed by atoms with Gasteiger partial charge in [-0.1, -0.05) is 10.2 Å². The Morgan fingerprint density at radius 3 is 2.63 bits per heavy atom. The summed E-state index contributed by atoms with van der Waals surface area (Å²) >= 11 is 0. The number of aliphatic hydroxyl groups excluding tert-OH is 1. The largest absolute Gasteiger partial charge is 0.390 e. The van der Waals surface area contributed by atoms with E-state index in [9.17, 15) is 5.11 Å². The SMILES string of the molecule is CC1(C)O[C@@H]2O[C@H](CN=[N+]=[N-])[C@H](N=[N+]=[N-])[C@H](O)[C@@H]2O1. The fraction of sp³-hybridized carbons (Fsp3) is 1.00. The van der Waals surface area contributed by atoms with Crippen LogP contribution in [0.2, 0.25) is 0 Å². The number of aliphatic hydroxyl groups is 1. The Morgan fingerprint density at radius 2 is 2.00 bits per heavy atom. The standard InChI is InChI=1S/C9H14N6O4/c1-9(2)18-7-6(16)5(13-15-11)4(3-12-14-10)17-8(7)19-9/h4-8,16H,3H2,1-2H3/t4-,5+,6+,7+,8+/m1/s1. The van der Waals surface area contributed by atoms with E-state index in [1.807, 2.05) is 0 Å². The van der Waals surface area contributed by atoms with E-state index in [-0.39, 0.29) is 6.54 Å². The van der Waals surface area contributed by atoms with E-state index in [1.54, 1.807) is 13.8 Å². The number of azide groups is 2. The zero-order chi connectivity index (χ0) is 14.0. The highest BCUT2D eigenvalue weighted by molar-refractivity contribution is 4.98. The number of rotatable bonds is 3. The van der Waals surface area contributed by atoms with E-state index in [0.29, 0.717) is 0 Å². The van der Waals surface area contributed by atoms with Crippen LogP contribution in [0.25, 0.3) is 20.9 Å². The minimum atomic E-state index is -1.09. The quantitative estimate of drug-likeness (QED) is 0.466. The molecule has 0 unspecified atom stereocenters. The smallest absolute Gasteiger partial charge is 0.190 e. The van der Waals surface area contributed by atoms with E-state index in [0.717, 1.165) is 0 Å². The summed E-state index contributed by atoms with van der Waals surface area (Å²) in [7, 11) is 0. The van der Waals surface area contributed by atoms with Crippen LogP contribution in [0.1, 0.15) is 13.8 Å². The van der Waals surface area contributed by atoms with Gasteiger partial charge >= 0.3 is 0 Å². The molecular formula is C9H14N6O4. The highest BCUT2D eigenvalue weighted by Gasteiger charge is 2.53. The van der Waals surface area contributed by atoms with Gasteiger partial charge in [0, 0.05) is 9.82 Å². The maximum Gasteiger partial charge on any atom is 0.190 e. The summed E-state index contributed by atoms with van der Waals surface area (Å²) < 4.78 is 16.5. The van der Waals surface area contributed by atoms with Crippen molar-refractivity contribution in [2.75, 3.05) is 6.54 Å². The Bertz CT molecular complexity index is 444. The Labute approximate surface area is 108 Å². The maximum atomic E-state index is 10.2. The molecule has 5 atom stereocenters. The first-order valence-corrected chi connectivity index (χ1v) is 5.73. The van der Waals surface area contributed by atoms with Gasteiger partial charge in [-0.3, -0.25) is 0 Å². The molecule has 104 valence electrons. The van der Waals surface area contributed by atoms with Crippen LogP contribution >= 0.6 is 0 Å². The summed E-state index contributed by atoms with van der Waals surface area (Å²) in [4.78, 5) is 5.29. The Hall–Kier alpha value is -1.54. The first-order chi connectivity index (χ1) is 8.98. The zero-order valence-electron chi connectivity index (χ0n) is 10.4. The fourth-order valence-electron chi connectivity index (χ4n) is 2.23. The summed E-state index contributed by atoms with van der Waals surface area (Å²) in [5.41, 5.74) is 16.9. The molecule has 2 aliphatic heterocycles. The molecule has 0 radical (unpaired) electrons. The molecule has 2 heterocycles. The highest BCUT2D eigenvalue weighted by Crippen LogP contribution is 2.37. The van der Waals surface area contributed by atoms with E-state index in [1.165, 1.54) is 0 Å². The fourth-order valence-corrected chi connectivity index (χ4v) is 2.23. The predicted molar refractivity (Wildman–Crippen MR) is 61.7 cm³/mol. The first-order valence-electron chi connectivity index (χ1n) is 5.73. The summed E-state index contributed by atoms with van der Waals surface area (Å²) in [6, 6.07) is -0.894. The van der Waals surface area contributed by atoms with Gasteiger partial charge in [0.25, 0.3) is 0 Å². The molecule has 2 saturated heterocycles. The second-order valence-electron chi connectivity index (χ2n) is 4.74. The summed E-state index contributed by atoms with van der Waals surface area (Å²) in [6.07, 6.45) is -3.36. The third-order valence-corrected chi connectivity index (χ3v) is 2.97. The zero-order valence-corrected chi connectivity index (χ0v) is 10.4. The van der Waals surface area contributed by atoms with Crippen LogP contribution in [-0.4, -0.2) is 48.1 Å². The molecular weight excluding hydrogens is 256 g/mol. The Morgan fingerprint density at radius 1 is 1.26 bits per heavy atom. The summed E-state index contributed by atoms with van der Waals surface area (Å²) in [5.74, 6) is -0.898. The monoisotopic (exact) mass is 270 g/mol. The molecule has 10 heteroatoms. The van der Waals surface area contributed by atoms with E-state index in [4.69, 9.17) is 25.3 Å². The topological polar surface area (TPSA) is 145 Å². The predicted octanol–water partition coefficient (Wildman–Crippen LogP) is 1.21. The highest BCUT2D eigenvalue weighted by atomic mass is 16.8. The lowest BCUT2D eigenvalue weighted by Gasteiger charge is -2.37. The molecule has 1 N–H and O–H groups in total. The van der Waals surface area contributed by atoms with Gasteiger partial charge in [-0.05, 0) is 24.9 Å². The molecule has 0 aromatic rings. The molecule has 10 nitrogen and oxygen atoms in total. The van der Waals surface area contributed by atoms with Crippen LogP contribution in [-0.2, 0) is 14.2 Å². The van der Waals surface area contributed by atoms with E-state index in [2.05, 4.69) is 20.1 Å². The van der Waals surface area contributed by atoms with Crippen molar-refractivity contribution in [3.8, 4) is 0 Å². The average Bonchev–Trinajstić information content (AvgIpc) is 2.66. The molecule has 0 spiro atoms. The van der Waals surface area contributed by atoms with Crippen molar-refractivity contribution < 1.29 is 19.3 Å². The molecule has 0 saturated carbocycles. The molecule has 19 heavy (non-hydrogen) atoms. The van der Waals surface area contributed by atoms with E-state index >= 15 is 0 Å². The Kier molecular flexibility index (Phi) is 3.81. The van der Waals surface area contributed by atoms with Crippen molar-refractivity contribution in [1.82, 2.24) is 0 Å². The van der Waals surface area contributed by atoms with Gasteiger partial charge in [0.15, 0.2) is 12.1 Å². The van der Waals surface area contributed by atoms with Gasteiger partial charge < -0.3 is 19.3 Å². The van der Waals surface area contributed by atoms with Gasteiger partial charge in [-0.25, -0.2) is 0 Å². The van der Waals surface area contributed by atoms with Crippen LogP contribution in [0.15, 0.2) is 10.2 Å². The average molecular weight is 270 g/mol. The van der Waals surface area contributed by atoms with Crippen LogP contribution < -0.4 is 0 Å². The normalized spacial score (nSPS) is 39.8. The minimum Gasteiger partial charge on any atom is -0.390 e. The second-order valence-corrected chi connectivity index (χ2v) is 4.74. The van der Waals surface area contributed by atoms with Gasteiger partial charge in [-0.2, -0.15) is 0 Å². The molecule has 2 aliphatic rings. The van der Waals surface area contributed by atoms with Gasteiger partial charge in [-0.15, -0.1) is 0 Å². The molecule has 0 bridgehead atoms. The molecule has 2 fully saturated rings. The number of hydrogen-bond donors (Lipinski definition) is 1. The molecule has 2 rings (SSSR count). The molecule has 0 aromatic heterocycles. The number of fused-ring (bicyclic) bond motifs is 1. The third kappa shape index (κ3) is 2.74. The minimum absolute atomic E-state index is 0.0652. The number of nitrogens with zero attached hydrogens (tertiary/aromatic N) is 6. The first kappa shape index (κ1) is 13.9. The van der Waals surface area contributed by atoms with E-state index < -0.39 is 36.4 Å². The lowest BCUT2D eigenvalue weighted by Crippen LogP contribution is -2.56. The van der Waals surface area contributed by atoms with Crippen LogP contribution in [0.4, 0.5) is 0 Å². The Balaban J connectivity index is 2.22. The van der Waals surface area contributed by atoms with Crippen molar-refractivity contribution in [2.45, 2.75) is 50.3 Å². The lowest BCUT2D eigenvalue weighted by atomic mass is 9.97. The molecule has 0 aromatic carbocycles. The van der Waals surface area contributed by atoms with Crippen molar-refractivity contribution in [1.29, 1.82) is 0 Å². The van der Waals surface area contributed by atoms with Crippen LogP contribution in [0, 0.1) is 0 Å². The van der Waals surface area contributed by atoms with Crippen molar-refractivity contribution in [2.24, 2.45) is 10.2 Å². The number of hydrogen-bond acceptors (Lipinski definition) is 6. The maximum absolute atomic E-state index is 10.2. The van der Waals surface area contributed by atoms with Crippen LogP contribution in [0.5, 0.6) is 0 Å². The summed E-state index contributed by atoms with van der Waals surface area (Å²) in [6.45, 7) is 3.31. The van der Waals surface area contributed by atoms with Crippen molar-refractivity contribution in [3.05, 3.63) is 20.9 Å². The number of ether oxygens (including phenoxy) is 3. The molecule has 0 amide bonds. The third-order valence-electron chi connectivity index (χ3n) is 2.97. The lowest BCUT2D eigenvalue weighted by molar-refractivity contribution is -0.221. The van der Waals surface area contributed by atoms with Crippen molar-refractivity contribution in [3.63, 3.8) is 0 Å².